The van der Waals surface area contributed by atoms with E-state index < -0.39 is 39.0 Å². The number of amides is 1. The number of benzene rings is 2. The molecule has 1 N–H and O–H groups in total. The lowest BCUT2D eigenvalue weighted by atomic mass is 10.1. The van der Waals surface area contributed by atoms with E-state index in [1.807, 2.05) is 30.3 Å². The van der Waals surface area contributed by atoms with Gasteiger partial charge in [-0.1, -0.05) is 30.3 Å². The number of hydrogen-bond acceptors (Lipinski definition) is 5. The third-order valence-corrected chi connectivity index (χ3v) is 5.19. The molecule has 2 rings (SSSR count). The summed E-state index contributed by atoms with van der Waals surface area (Å²) >= 11 is 0. The van der Waals surface area contributed by atoms with Crippen molar-refractivity contribution in [2.45, 2.75) is 23.5 Å². The first-order chi connectivity index (χ1) is 13.3. The largest absolute Gasteiger partial charge is 0.452 e. The predicted octanol–water partition coefficient (Wildman–Crippen LogP) is 2.59. The van der Waals surface area contributed by atoms with Crippen molar-refractivity contribution in [1.29, 1.82) is 0 Å². The van der Waals surface area contributed by atoms with Crippen LogP contribution in [0.4, 0.5) is 8.78 Å². The van der Waals surface area contributed by atoms with Gasteiger partial charge in [0.15, 0.2) is 6.61 Å². The van der Waals surface area contributed by atoms with Gasteiger partial charge in [0.2, 0.25) is 9.84 Å². The van der Waals surface area contributed by atoms with Crippen LogP contribution >= 0.6 is 0 Å². The monoisotopic (exact) mass is 411 g/mol. The van der Waals surface area contributed by atoms with Crippen molar-refractivity contribution in [2.24, 2.45) is 0 Å². The van der Waals surface area contributed by atoms with E-state index in [0.717, 1.165) is 42.7 Å². The number of carbonyl (C=O) groups is 2. The smallest absolute Gasteiger partial charge is 0.341 e. The highest BCUT2D eigenvalue weighted by Gasteiger charge is 2.26. The number of halogens is 2. The van der Waals surface area contributed by atoms with Crippen molar-refractivity contribution in [3.05, 3.63) is 65.7 Å². The molecule has 6 nitrogen and oxygen atoms in total. The van der Waals surface area contributed by atoms with Crippen LogP contribution in [0.2, 0.25) is 0 Å². The van der Waals surface area contributed by atoms with Crippen molar-refractivity contribution >= 4 is 21.7 Å². The minimum atomic E-state index is -4.73. The molecule has 28 heavy (non-hydrogen) atoms. The molecule has 0 aliphatic carbocycles. The fraction of sp³-hybridized carbons (Fsp3) is 0.263. The number of esters is 1. The van der Waals surface area contributed by atoms with Gasteiger partial charge in [0.05, 0.1) is 10.5 Å². The van der Waals surface area contributed by atoms with E-state index in [-0.39, 0.29) is 5.56 Å². The Bertz CT molecular complexity index is 900. The molecule has 150 valence electrons. The molecule has 0 aromatic heterocycles. The molecule has 0 unspecified atom stereocenters. The van der Waals surface area contributed by atoms with E-state index in [1.54, 1.807) is 0 Å². The van der Waals surface area contributed by atoms with Crippen LogP contribution < -0.4 is 5.32 Å². The SMILES string of the molecule is O=C(COC(=O)c1ccc(S(=O)(=O)C(F)F)cc1)NCCCc1ccccc1. The van der Waals surface area contributed by atoms with Crippen molar-refractivity contribution in [3.63, 3.8) is 0 Å². The van der Waals surface area contributed by atoms with Gasteiger partial charge in [0.25, 0.3) is 5.91 Å². The van der Waals surface area contributed by atoms with Gasteiger partial charge in [-0.2, -0.15) is 8.78 Å². The molecule has 0 aliphatic heterocycles. The highest BCUT2D eigenvalue weighted by Crippen LogP contribution is 2.18. The lowest BCUT2D eigenvalue weighted by Crippen LogP contribution is -2.29. The number of carbonyl (C=O) groups excluding carboxylic acids is 2. The van der Waals surface area contributed by atoms with Gasteiger partial charge in [0, 0.05) is 6.54 Å². The normalized spacial score (nSPS) is 11.2. The van der Waals surface area contributed by atoms with E-state index in [1.165, 1.54) is 0 Å². The fourth-order valence-electron chi connectivity index (χ4n) is 2.31. The average Bonchev–Trinajstić information content (AvgIpc) is 2.70. The molecular formula is C19H19F2NO5S. The number of rotatable bonds is 9. The molecule has 0 heterocycles. The van der Waals surface area contributed by atoms with Crippen LogP contribution in [0.15, 0.2) is 59.5 Å². The zero-order chi connectivity index (χ0) is 20.6. The van der Waals surface area contributed by atoms with Crippen LogP contribution in [0.5, 0.6) is 0 Å². The molecule has 0 fully saturated rings. The number of aryl methyl sites for hydroxylation is 1. The molecule has 2 aromatic carbocycles. The zero-order valence-corrected chi connectivity index (χ0v) is 15.6. The van der Waals surface area contributed by atoms with E-state index in [2.05, 4.69) is 5.32 Å². The molecule has 0 aliphatic rings. The lowest BCUT2D eigenvalue weighted by molar-refractivity contribution is -0.124. The summed E-state index contributed by atoms with van der Waals surface area (Å²) in [6.45, 7) is -0.0767. The standard InChI is InChI=1S/C19H19F2NO5S/c20-19(21)28(25,26)16-10-8-15(9-11-16)18(24)27-13-17(23)22-12-4-7-14-5-2-1-3-6-14/h1-3,5-6,8-11,19H,4,7,12-13H2,(H,22,23). The first-order valence-corrected chi connectivity index (χ1v) is 9.95. The van der Waals surface area contributed by atoms with Crippen molar-refractivity contribution in [3.8, 4) is 0 Å². The summed E-state index contributed by atoms with van der Waals surface area (Å²) in [5, 5.41) is 2.62. The molecule has 0 spiro atoms. The van der Waals surface area contributed by atoms with Crippen LogP contribution in [-0.4, -0.2) is 39.2 Å². The zero-order valence-electron chi connectivity index (χ0n) is 14.8. The number of sulfone groups is 1. The van der Waals surface area contributed by atoms with Crippen LogP contribution in [0.25, 0.3) is 0 Å². The maximum atomic E-state index is 12.5. The van der Waals surface area contributed by atoms with Crippen molar-refractivity contribution in [2.75, 3.05) is 13.2 Å². The Hall–Kier alpha value is -2.81. The van der Waals surface area contributed by atoms with Gasteiger partial charge < -0.3 is 10.1 Å². The summed E-state index contributed by atoms with van der Waals surface area (Å²) in [4.78, 5) is 23.0. The Morgan fingerprint density at radius 3 is 2.25 bits per heavy atom. The van der Waals surface area contributed by atoms with Gasteiger partial charge in [0.1, 0.15) is 0 Å². The molecule has 0 atom stereocenters. The summed E-state index contributed by atoms with van der Waals surface area (Å²) in [6.07, 6.45) is 1.53. The van der Waals surface area contributed by atoms with Crippen LogP contribution in [0, 0.1) is 0 Å². The third-order valence-electron chi connectivity index (χ3n) is 3.79. The number of alkyl halides is 2. The van der Waals surface area contributed by atoms with Crippen LogP contribution in [-0.2, 0) is 25.8 Å². The molecule has 0 radical (unpaired) electrons. The number of ether oxygens (including phenoxy) is 1. The van der Waals surface area contributed by atoms with Gasteiger partial charge in [-0.25, -0.2) is 13.2 Å². The fourth-order valence-corrected chi connectivity index (χ4v) is 3.04. The minimum absolute atomic E-state index is 0.0508. The molecule has 0 saturated carbocycles. The summed E-state index contributed by atoms with van der Waals surface area (Å²) in [7, 11) is -4.73. The maximum absolute atomic E-state index is 12.5. The van der Waals surface area contributed by atoms with E-state index in [4.69, 9.17) is 4.74 Å². The average molecular weight is 411 g/mol. The van der Waals surface area contributed by atoms with Crippen LogP contribution in [0.1, 0.15) is 22.3 Å². The quantitative estimate of drug-likeness (QED) is 0.506. The maximum Gasteiger partial charge on any atom is 0.341 e. The second-order valence-corrected chi connectivity index (χ2v) is 7.76. The first-order valence-electron chi connectivity index (χ1n) is 8.40. The Kier molecular flexibility index (Phi) is 7.62. The van der Waals surface area contributed by atoms with E-state index in [0.29, 0.717) is 6.54 Å². The third kappa shape index (κ3) is 6.12. The lowest BCUT2D eigenvalue weighted by Gasteiger charge is -2.07. The highest BCUT2D eigenvalue weighted by molar-refractivity contribution is 7.91. The summed E-state index contributed by atoms with van der Waals surface area (Å²) in [6, 6.07) is 13.6. The summed E-state index contributed by atoms with van der Waals surface area (Å²) in [5.41, 5.74) is 1.10. The highest BCUT2D eigenvalue weighted by atomic mass is 32.2. The van der Waals surface area contributed by atoms with E-state index >= 15 is 0 Å². The van der Waals surface area contributed by atoms with Gasteiger partial charge in [-0.3, -0.25) is 4.79 Å². The van der Waals surface area contributed by atoms with Crippen molar-refractivity contribution < 1.29 is 31.5 Å². The van der Waals surface area contributed by atoms with E-state index in [9.17, 15) is 26.8 Å². The van der Waals surface area contributed by atoms with Crippen molar-refractivity contribution in [1.82, 2.24) is 5.32 Å². The number of nitrogens with one attached hydrogen (secondary N) is 1. The molecule has 0 bridgehead atoms. The van der Waals surface area contributed by atoms with Gasteiger partial charge >= 0.3 is 11.7 Å². The summed E-state index contributed by atoms with van der Waals surface area (Å²) in [5.74, 6) is -4.88. The first kappa shape index (κ1) is 21.5. The Balaban J connectivity index is 1.74. The van der Waals surface area contributed by atoms with Crippen LogP contribution in [0.3, 0.4) is 0 Å². The molecule has 9 heteroatoms. The second-order valence-electron chi connectivity index (χ2n) is 5.85. The predicted molar refractivity (Wildman–Crippen MR) is 97.7 cm³/mol. The Labute approximate surface area is 161 Å². The van der Waals surface area contributed by atoms with Gasteiger partial charge in [-0.15, -0.1) is 0 Å². The molecule has 1 amide bonds. The topological polar surface area (TPSA) is 89.5 Å². The molecule has 2 aromatic rings. The molecular weight excluding hydrogens is 392 g/mol. The number of hydrogen-bond donors (Lipinski definition) is 1. The summed E-state index contributed by atoms with van der Waals surface area (Å²) < 4.78 is 52.4. The minimum Gasteiger partial charge on any atom is -0.452 e. The Morgan fingerprint density at radius 1 is 1.00 bits per heavy atom. The Morgan fingerprint density at radius 2 is 1.64 bits per heavy atom. The molecule has 0 saturated heterocycles. The van der Waals surface area contributed by atoms with Gasteiger partial charge in [-0.05, 0) is 42.7 Å². The second kappa shape index (κ2) is 9.93.